The Balaban J connectivity index is 1.63. The molecule has 1 aromatic carbocycles. The fourth-order valence-electron chi connectivity index (χ4n) is 1.86. The van der Waals surface area contributed by atoms with E-state index in [2.05, 4.69) is 46.1 Å². The molecule has 2 aromatic rings. The molecule has 1 N–H and O–H groups in total. The van der Waals surface area contributed by atoms with E-state index in [1.807, 2.05) is 18.7 Å². The second kappa shape index (κ2) is 6.21. The van der Waals surface area contributed by atoms with E-state index in [9.17, 15) is 0 Å². The molecule has 3 nitrogen and oxygen atoms in total. The topological polar surface area (TPSA) is 29.9 Å². The van der Waals surface area contributed by atoms with E-state index in [0.717, 1.165) is 26.1 Å². The first-order valence-corrected chi connectivity index (χ1v) is 6.06. The number of aromatic nitrogens is 2. The van der Waals surface area contributed by atoms with Gasteiger partial charge in [-0.1, -0.05) is 29.8 Å². The third-order valence-corrected chi connectivity index (χ3v) is 2.74. The van der Waals surface area contributed by atoms with Crippen LogP contribution in [0.3, 0.4) is 0 Å². The van der Waals surface area contributed by atoms with Crippen molar-refractivity contribution in [2.45, 2.75) is 26.4 Å². The molecule has 0 radical (unpaired) electrons. The zero-order valence-corrected chi connectivity index (χ0v) is 10.3. The molecule has 3 heteroatoms. The normalized spacial score (nSPS) is 10.6. The monoisotopic (exact) mass is 229 g/mol. The van der Waals surface area contributed by atoms with Crippen LogP contribution in [0.25, 0.3) is 0 Å². The molecule has 0 bridgehead atoms. The number of nitrogens with zero attached hydrogens (tertiary/aromatic N) is 2. The highest BCUT2D eigenvalue weighted by Crippen LogP contribution is 2.03. The standard InChI is InChI=1S/C14H19N3/c1-13-4-2-5-14(10-13)11-15-6-3-8-17-9-7-16-12-17/h2,4-5,7,9-10,12,15H,3,6,8,11H2,1H3. The van der Waals surface area contributed by atoms with Gasteiger partial charge in [-0.05, 0) is 25.5 Å². The Kier molecular flexibility index (Phi) is 4.33. The van der Waals surface area contributed by atoms with Crippen molar-refractivity contribution in [3.63, 3.8) is 0 Å². The minimum absolute atomic E-state index is 0.950. The number of rotatable bonds is 6. The maximum Gasteiger partial charge on any atom is 0.0945 e. The Morgan fingerprint density at radius 3 is 3.06 bits per heavy atom. The summed E-state index contributed by atoms with van der Waals surface area (Å²) in [5, 5.41) is 3.46. The van der Waals surface area contributed by atoms with Crippen LogP contribution in [0.4, 0.5) is 0 Å². The second-order valence-electron chi connectivity index (χ2n) is 4.32. The molecule has 0 aliphatic carbocycles. The van der Waals surface area contributed by atoms with Crippen LogP contribution in [-0.2, 0) is 13.1 Å². The van der Waals surface area contributed by atoms with Gasteiger partial charge in [0.1, 0.15) is 0 Å². The Hall–Kier alpha value is -1.61. The van der Waals surface area contributed by atoms with Gasteiger partial charge in [0.25, 0.3) is 0 Å². The molecule has 0 saturated carbocycles. The van der Waals surface area contributed by atoms with Crippen LogP contribution >= 0.6 is 0 Å². The van der Waals surface area contributed by atoms with Gasteiger partial charge in [0.05, 0.1) is 6.33 Å². The molecular weight excluding hydrogens is 210 g/mol. The SMILES string of the molecule is Cc1cccc(CNCCCn2ccnc2)c1. The number of imidazole rings is 1. The highest BCUT2D eigenvalue weighted by molar-refractivity contribution is 5.21. The molecule has 0 saturated heterocycles. The average Bonchev–Trinajstić information content (AvgIpc) is 2.82. The van der Waals surface area contributed by atoms with E-state index < -0.39 is 0 Å². The van der Waals surface area contributed by atoms with Crippen LogP contribution in [-0.4, -0.2) is 16.1 Å². The molecule has 0 atom stereocenters. The summed E-state index contributed by atoms with van der Waals surface area (Å²) in [4.78, 5) is 4.02. The predicted octanol–water partition coefficient (Wildman–Crippen LogP) is 2.37. The number of nitrogens with one attached hydrogen (secondary N) is 1. The molecule has 0 unspecified atom stereocenters. The first-order chi connectivity index (χ1) is 8.34. The lowest BCUT2D eigenvalue weighted by molar-refractivity contribution is 0.580. The summed E-state index contributed by atoms with van der Waals surface area (Å²) in [6.07, 6.45) is 6.81. The van der Waals surface area contributed by atoms with Crippen molar-refractivity contribution < 1.29 is 0 Å². The molecular formula is C14H19N3. The van der Waals surface area contributed by atoms with E-state index in [-0.39, 0.29) is 0 Å². The van der Waals surface area contributed by atoms with Crippen molar-refractivity contribution in [1.29, 1.82) is 0 Å². The van der Waals surface area contributed by atoms with Gasteiger partial charge in [0, 0.05) is 25.5 Å². The highest BCUT2D eigenvalue weighted by atomic mass is 15.0. The van der Waals surface area contributed by atoms with Crippen LogP contribution < -0.4 is 5.32 Å². The van der Waals surface area contributed by atoms with Crippen molar-refractivity contribution in [3.05, 3.63) is 54.1 Å². The smallest absolute Gasteiger partial charge is 0.0945 e. The van der Waals surface area contributed by atoms with E-state index in [1.54, 1.807) is 0 Å². The van der Waals surface area contributed by atoms with E-state index in [1.165, 1.54) is 11.1 Å². The Morgan fingerprint density at radius 1 is 1.35 bits per heavy atom. The second-order valence-corrected chi connectivity index (χ2v) is 4.32. The molecule has 17 heavy (non-hydrogen) atoms. The lowest BCUT2D eigenvalue weighted by Crippen LogP contribution is -2.16. The number of aryl methyl sites for hydroxylation is 2. The fraction of sp³-hybridized carbons (Fsp3) is 0.357. The predicted molar refractivity (Wildman–Crippen MR) is 69.7 cm³/mol. The van der Waals surface area contributed by atoms with E-state index in [4.69, 9.17) is 0 Å². The van der Waals surface area contributed by atoms with Crippen LogP contribution in [0.2, 0.25) is 0 Å². The Morgan fingerprint density at radius 2 is 2.29 bits per heavy atom. The van der Waals surface area contributed by atoms with Gasteiger partial charge in [-0.2, -0.15) is 0 Å². The summed E-state index contributed by atoms with van der Waals surface area (Å²) in [7, 11) is 0. The molecule has 0 aliphatic rings. The van der Waals surface area contributed by atoms with Gasteiger partial charge in [0.15, 0.2) is 0 Å². The van der Waals surface area contributed by atoms with Gasteiger partial charge in [-0.15, -0.1) is 0 Å². The minimum atomic E-state index is 0.950. The van der Waals surface area contributed by atoms with Gasteiger partial charge in [0.2, 0.25) is 0 Å². The molecule has 90 valence electrons. The summed E-state index contributed by atoms with van der Waals surface area (Å²) in [6, 6.07) is 8.62. The van der Waals surface area contributed by atoms with Crippen LogP contribution in [0, 0.1) is 6.92 Å². The fourth-order valence-corrected chi connectivity index (χ4v) is 1.86. The molecule has 1 aromatic heterocycles. The number of hydrogen-bond donors (Lipinski definition) is 1. The zero-order valence-electron chi connectivity index (χ0n) is 10.3. The zero-order chi connectivity index (χ0) is 11.9. The van der Waals surface area contributed by atoms with Gasteiger partial charge in [-0.3, -0.25) is 0 Å². The van der Waals surface area contributed by atoms with Crippen molar-refractivity contribution in [1.82, 2.24) is 14.9 Å². The number of benzene rings is 1. The molecule has 0 amide bonds. The lowest BCUT2D eigenvalue weighted by atomic mass is 10.1. The van der Waals surface area contributed by atoms with Crippen molar-refractivity contribution in [2.24, 2.45) is 0 Å². The molecule has 0 aliphatic heterocycles. The maximum absolute atomic E-state index is 4.02. The van der Waals surface area contributed by atoms with Crippen molar-refractivity contribution >= 4 is 0 Å². The van der Waals surface area contributed by atoms with Gasteiger partial charge < -0.3 is 9.88 Å². The lowest BCUT2D eigenvalue weighted by Gasteiger charge is -2.06. The summed E-state index contributed by atoms with van der Waals surface area (Å²) in [5.74, 6) is 0. The van der Waals surface area contributed by atoms with Gasteiger partial charge in [-0.25, -0.2) is 4.98 Å². The largest absolute Gasteiger partial charge is 0.337 e. The average molecular weight is 229 g/mol. The summed E-state index contributed by atoms with van der Waals surface area (Å²) in [5.41, 5.74) is 2.68. The summed E-state index contributed by atoms with van der Waals surface area (Å²) < 4.78 is 2.11. The third-order valence-electron chi connectivity index (χ3n) is 2.74. The van der Waals surface area contributed by atoms with Gasteiger partial charge >= 0.3 is 0 Å². The van der Waals surface area contributed by atoms with Crippen molar-refractivity contribution in [3.8, 4) is 0 Å². The quantitative estimate of drug-likeness (QED) is 0.771. The molecule has 0 spiro atoms. The van der Waals surface area contributed by atoms with Crippen LogP contribution in [0.15, 0.2) is 43.0 Å². The minimum Gasteiger partial charge on any atom is -0.337 e. The molecule has 2 rings (SSSR count). The third kappa shape index (κ3) is 4.04. The molecule has 1 heterocycles. The van der Waals surface area contributed by atoms with Crippen LogP contribution in [0.1, 0.15) is 17.5 Å². The summed E-state index contributed by atoms with van der Waals surface area (Å²) in [6.45, 7) is 5.14. The molecule has 0 fully saturated rings. The maximum atomic E-state index is 4.02. The Labute approximate surface area is 103 Å². The highest BCUT2D eigenvalue weighted by Gasteiger charge is 1.93. The first kappa shape index (κ1) is 11.9. The first-order valence-electron chi connectivity index (χ1n) is 6.06. The summed E-state index contributed by atoms with van der Waals surface area (Å²) >= 11 is 0. The number of hydrogen-bond acceptors (Lipinski definition) is 2. The van der Waals surface area contributed by atoms with E-state index >= 15 is 0 Å². The van der Waals surface area contributed by atoms with Crippen molar-refractivity contribution in [2.75, 3.05) is 6.54 Å². The van der Waals surface area contributed by atoms with E-state index in [0.29, 0.717) is 0 Å². The Bertz CT molecular complexity index is 434. The van der Waals surface area contributed by atoms with Crippen LogP contribution in [0.5, 0.6) is 0 Å².